The van der Waals surface area contributed by atoms with E-state index in [1.165, 1.54) is 11.3 Å². The van der Waals surface area contributed by atoms with Crippen LogP contribution in [0.1, 0.15) is 17.3 Å². The van der Waals surface area contributed by atoms with E-state index in [0.717, 1.165) is 13.1 Å². The molecule has 0 fully saturated rings. The summed E-state index contributed by atoms with van der Waals surface area (Å²) in [5.41, 5.74) is 1.66. The minimum absolute atomic E-state index is 0.00632. The highest BCUT2D eigenvalue weighted by molar-refractivity contribution is 9.12. The van der Waals surface area contributed by atoms with E-state index in [1.807, 2.05) is 13.0 Å². The quantitative estimate of drug-likeness (QED) is 0.755. The monoisotopic (exact) mass is 351 g/mol. The standard InChI is InChI=1S/C10H11Br2NOS/c1-6(2)5-13(3)10(14)7-4-8(11)15-9(7)12/h4H,1,5H2,2-3H3. The van der Waals surface area contributed by atoms with Gasteiger partial charge in [-0.2, -0.15) is 0 Å². The summed E-state index contributed by atoms with van der Waals surface area (Å²) in [6.45, 7) is 6.27. The van der Waals surface area contributed by atoms with E-state index in [1.54, 1.807) is 11.9 Å². The normalized spacial score (nSPS) is 10.1. The summed E-state index contributed by atoms with van der Waals surface area (Å²) in [5, 5.41) is 0. The van der Waals surface area contributed by atoms with Gasteiger partial charge in [-0.3, -0.25) is 4.79 Å². The second kappa shape index (κ2) is 5.27. The van der Waals surface area contributed by atoms with Gasteiger partial charge in [0.05, 0.1) is 13.1 Å². The molecule has 15 heavy (non-hydrogen) atoms. The number of hydrogen-bond donors (Lipinski definition) is 0. The molecule has 1 rings (SSSR count). The van der Waals surface area contributed by atoms with Crippen LogP contribution in [0.5, 0.6) is 0 Å². The lowest BCUT2D eigenvalue weighted by molar-refractivity contribution is 0.0806. The van der Waals surface area contributed by atoms with Crippen molar-refractivity contribution in [1.82, 2.24) is 4.90 Å². The maximum absolute atomic E-state index is 12.0. The zero-order valence-electron chi connectivity index (χ0n) is 8.51. The average Bonchev–Trinajstić information content (AvgIpc) is 2.42. The molecule has 0 saturated heterocycles. The van der Waals surface area contributed by atoms with Crippen LogP contribution in [-0.2, 0) is 0 Å². The number of rotatable bonds is 3. The van der Waals surface area contributed by atoms with Crippen molar-refractivity contribution in [2.24, 2.45) is 0 Å². The fourth-order valence-electron chi connectivity index (χ4n) is 1.17. The molecule has 0 radical (unpaired) electrons. The third-order valence-corrected chi connectivity index (χ3v) is 4.08. The summed E-state index contributed by atoms with van der Waals surface area (Å²) in [6, 6.07) is 1.83. The maximum Gasteiger partial charge on any atom is 0.255 e. The number of carbonyl (C=O) groups excluding carboxylic acids is 1. The first-order chi connectivity index (χ1) is 6.91. The Morgan fingerprint density at radius 1 is 1.60 bits per heavy atom. The third-order valence-electron chi connectivity index (χ3n) is 1.74. The van der Waals surface area contributed by atoms with Gasteiger partial charge in [0.1, 0.15) is 0 Å². The minimum atomic E-state index is 0.00632. The van der Waals surface area contributed by atoms with Crippen LogP contribution in [0.3, 0.4) is 0 Å². The van der Waals surface area contributed by atoms with E-state index in [4.69, 9.17) is 0 Å². The molecule has 0 bridgehead atoms. The van der Waals surface area contributed by atoms with E-state index in [0.29, 0.717) is 12.1 Å². The van der Waals surface area contributed by atoms with Crippen molar-refractivity contribution in [3.8, 4) is 0 Å². The lowest BCUT2D eigenvalue weighted by Crippen LogP contribution is -2.27. The molecule has 0 aliphatic carbocycles. The van der Waals surface area contributed by atoms with Crippen molar-refractivity contribution in [2.75, 3.05) is 13.6 Å². The van der Waals surface area contributed by atoms with E-state index < -0.39 is 0 Å². The molecule has 0 unspecified atom stereocenters. The maximum atomic E-state index is 12.0. The summed E-state index contributed by atoms with van der Waals surface area (Å²) in [7, 11) is 1.77. The summed E-state index contributed by atoms with van der Waals surface area (Å²) in [4.78, 5) is 13.6. The number of likely N-dealkylation sites (N-methyl/N-ethyl adjacent to an activating group) is 1. The Balaban J connectivity index is 2.84. The Hall–Kier alpha value is -0.130. The molecule has 0 N–H and O–H groups in total. The molecule has 0 aromatic carbocycles. The van der Waals surface area contributed by atoms with E-state index in [9.17, 15) is 4.79 Å². The van der Waals surface area contributed by atoms with Crippen LogP contribution < -0.4 is 0 Å². The Bertz CT molecular complexity index is 400. The molecule has 1 aromatic heterocycles. The molecule has 0 atom stereocenters. The number of carbonyl (C=O) groups is 1. The lowest BCUT2D eigenvalue weighted by atomic mass is 10.2. The molecule has 2 nitrogen and oxygen atoms in total. The zero-order valence-corrected chi connectivity index (χ0v) is 12.5. The number of hydrogen-bond acceptors (Lipinski definition) is 2. The number of halogens is 2. The van der Waals surface area contributed by atoms with Crippen LogP contribution in [0, 0.1) is 0 Å². The van der Waals surface area contributed by atoms with Gasteiger partial charge in [0.25, 0.3) is 5.91 Å². The van der Waals surface area contributed by atoms with Crippen molar-refractivity contribution in [2.45, 2.75) is 6.92 Å². The number of thiophene rings is 1. The SMILES string of the molecule is C=C(C)CN(C)C(=O)c1cc(Br)sc1Br. The molecule has 0 saturated carbocycles. The fraction of sp³-hybridized carbons (Fsp3) is 0.300. The van der Waals surface area contributed by atoms with Gasteiger partial charge < -0.3 is 4.90 Å². The first kappa shape index (κ1) is 12.9. The zero-order chi connectivity index (χ0) is 11.6. The van der Waals surface area contributed by atoms with Crippen molar-refractivity contribution >= 4 is 49.1 Å². The Labute approximate surface area is 110 Å². The van der Waals surface area contributed by atoms with Crippen LogP contribution in [0.15, 0.2) is 25.8 Å². The van der Waals surface area contributed by atoms with Gasteiger partial charge in [0, 0.05) is 13.6 Å². The van der Waals surface area contributed by atoms with Gasteiger partial charge in [-0.1, -0.05) is 12.2 Å². The highest BCUT2D eigenvalue weighted by atomic mass is 79.9. The summed E-state index contributed by atoms with van der Waals surface area (Å²) in [6.07, 6.45) is 0. The van der Waals surface area contributed by atoms with Gasteiger partial charge >= 0.3 is 0 Å². The summed E-state index contributed by atoms with van der Waals surface area (Å²) < 4.78 is 1.80. The lowest BCUT2D eigenvalue weighted by Gasteiger charge is -2.16. The van der Waals surface area contributed by atoms with Gasteiger partial charge in [-0.25, -0.2) is 0 Å². The molecule has 0 aliphatic rings. The van der Waals surface area contributed by atoms with Gasteiger partial charge in [0.15, 0.2) is 0 Å². The van der Waals surface area contributed by atoms with E-state index >= 15 is 0 Å². The molecular formula is C10H11Br2NOS. The van der Waals surface area contributed by atoms with E-state index in [-0.39, 0.29) is 5.91 Å². The molecular weight excluding hydrogens is 342 g/mol. The molecule has 5 heteroatoms. The van der Waals surface area contributed by atoms with E-state index in [2.05, 4.69) is 38.4 Å². The van der Waals surface area contributed by atoms with Gasteiger partial charge in [-0.05, 0) is 44.8 Å². The first-order valence-corrected chi connectivity index (χ1v) is 6.66. The fourth-order valence-corrected chi connectivity index (χ4v) is 3.95. The molecule has 82 valence electrons. The van der Waals surface area contributed by atoms with Gasteiger partial charge in [0.2, 0.25) is 0 Å². The third kappa shape index (κ3) is 3.43. The van der Waals surface area contributed by atoms with Crippen LogP contribution in [0.4, 0.5) is 0 Å². The predicted molar refractivity (Wildman–Crippen MR) is 71.5 cm³/mol. The summed E-state index contributed by atoms with van der Waals surface area (Å²) in [5.74, 6) is 0.00632. The van der Waals surface area contributed by atoms with Crippen LogP contribution in [-0.4, -0.2) is 24.4 Å². The molecule has 0 aliphatic heterocycles. The molecule has 1 amide bonds. The smallest absolute Gasteiger partial charge is 0.255 e. The highest BCUT2D eigenvalue weighted by Crippen LogP contribution is 2.32. The van der Waals surface area contributed by atoms with Crippen molar-refractivity contribution < 1.29 is 4.79 Å². The van der Waals surface area contributed by atoms with Gasteiger partial charge in [-0.15, -0.1) is 11.3 Å². The molecule has 1 heterocycles. The number of nitrogens with zero attached hydrogens (tertiary/aromatic N) is 1. The minimum Gasteiger partial charge on any atom is -0.338 e. The molecule has 1 aromatic rings. The Kier molecular flexibility index (Phi) is 4.55. The second-order valence-corrected chi connectivity index (χ2v) is 7.11. The predicted octanol–water partition coefficient (Wildman–Crippen LogP) is 3.92. The van der Waals surface area contributed by atoms with Crippen LogP contribution >= 0.6 is 43.2 Å². The second-order valence-electron chi connectivity index (χ2n) is 3.36. The van der Waals surface area contributed by atoms with Crippen molar-refractivity contribution in [3.63, 3.8) is 0 Å². The van der Waals surface area contributed by atoms with Crippen molar-refractivity contribution in [1.29, 1.82) is 0 Å². The first-order valence-electron chi connectivity index (χ1n) is 4.26. The highest BCUT2D eigenvalue weighted by Gasteiger charge is 2.17. The van der Waals surface area contributed by atoms with Crippen LogP contribution in [0.25, 0.3) is 0 Å². The molecule has 0 spiro atoms. The van der Waals surface area contributed by atoms with Crippen LogP contribution in [0.2, 0.25) is 0 Å². The Morgan fingerprint density at radius 2 is 2.20 bits per heavy atom. The average molecular weight is 353 g/mol. The van der Waals surface area contributed by atoms with Crippen molar-refractivity contribution in [3.05, 3.63) is 31.4 Å². The summed E-state index contributed by atoms with van der Waals surface area (Å²) >= 11 is 8.22. The topological polar surface area (TPSA) is 20.3 Å². The largest absolute Gasteiger partial charge is 0.338 e. The number of amides is 1. The Morgan fingerprint density at radius 3 is 2.60 bits per heavy atom.